The van der Waals surface area contributed by atoms with E-state index in [0.717, 1.165) is 50.4 Å². The number of carbonyl (C=O) groups excluding carboxylic acids is 1. The molecule has 1 fully saturated rings. The Morgan fingerprint density at radius 1 is 1.10 bits per heavy atom. The van der Waals surface area contributed by atoms with E-state index in [0.29, 0.717) is 5.57 Å². The molecule has 1 heterocycles. The number of fused-ring (bicyclic) bond motifs is 1. The zero-order valence-corrected chi connectivity index (χ0v) is 32.7. The highest BCUT2D eigenvalue weighted by Gasteiger charge is 2.14. The molecule has 1 amide bonds. The lowest BCUT2D eigenvalue weighted by Gasteiger charge is -2.15. The monoisotopic (exact) mass is 678 g/mol. The van der Waals surface area contributed by atoms with Crippen molar-refractivity contribution >= 4 is 38.5 Å². The van der Waals surface area contributed by atoms with Gasteiger partial charge in [-0.25, -0.2) is 4.39 Å². The minimum Gasteiger partial charge on any atom is -0.496 e. The van der Waals surface area contributed by atoms with Gasteiger partial charge in [-0.15, -0.1) is 11.3 Å². The van der Waals surface area contributed by atoms with E-state index in [-0.39, 0.29) is 11.7 Å². The van der Waals surface area contributed by atoms with Crippen molar-refractivity contribution < 1.29 is 13.9 Å². The molecule has 0 radical (unpaired) electrons. The molecule has 4 rings (SSSR count). The standard InChI is InChI=1S/C18H23NO2.C14H15FS.C7H14.C2H6.CH5N/c1-6-8-15(11-13(3)18(20)19-4)16-9-10-17(21-5)14(7-2)12-16;1-5-8(2)13-10(4)12-9(3)6-7-11(15)14(12)16-13;1-7-5-3-2-4-6-7;2*1-2/h6,8-12H,1,7H2,2-5H3,(H,19,20);5-7H,1-4H3;7H,2-6H2,1H3;1-2H3;2H2,1H3/b13-11+,15-8+;8-5-;;;. The molecule has 266 valence electrons. The lowest BCUT2D eigenvalue weighted by molar-refractivity contribution is -0.116. The van der Waals surface area contributed by atoms with Crippen molar-refractivity contribution in [2.45, 2.75) is 101 Å². The van der Waals surface area contributed by atoms with Crippen molar-refractivity contribution in [3.8, 4) is 5.75 Å². The number of hydrogen-bond donors (Lipinski definition) is 2. The number of methoxy groups -OCH3 is 1. The van der Waals surface area contributed by atoms with Crippen LogP contribution in [0.3, 0.4) is 0 Å². The Labute approximate surface area is 296 Å². The lowest BCUT2D eigenvalue weighted by atomic mass is 9.91. The van der Waals surface area contributed by atoms with E-state index in [4.69, 9.17) is 4.74 Å². The van der Waals surface area contributed by atoms with Crippen LogP contribution in [-0.2, 0) is 11.2 Å². The van der Waals surface area contributed by atoms with Gasteiger partial charge in [-0.1, -0.05) is 96.7 Å². The quantitative estimate of drug-likeness (QED) is 0.193. The molecule has 1 saturated carbocycles. The van der Waals surface area contributed by atoms with Gasteiger partial charge in [0.05, 0.1) is 11.8 Å². The van der Waals surface area contributed by atoms with Crippen LogP contribution < -0.4 is 15.8 Å². The highest BCUT2D eigenvalue weighted by molar-refractivity contribution is 7.20. The largest absolute Gasteiger partial charge is 0.496 e. The number of ether oxygens (including phenoxy) is 1. The molecular formula is C42H63FN2O2S. The van der Waals surface area contributed by atoms with Crippen LogP contribution in [0.1, 0.15) is 108 Å². The van der Waals surface area contributed by atoms with Gasteiger partial charge in [0.1, 0.15) is 11.6 Å². The Kier molecular flexibility index (Phi) is 22.8. The van der Waals surface area contributed by atoms with E-state index in [2.05, 4.69) is 57.5 Å². The number of aryl methyl sites for hydroxylation is 3. The maximum atomic E-state index is 13.7. The Bertz CT molecular complexity index is 1510. The average Bonchev–Trinajstić information content (AvgIpc) is 3.49. The van der Waals surface area contributed by atoms with Crippen LogP contribution in [-0.4, -0.2) is 27.1 Å². The maximum Gasteiger partial charge on any atom is 0.246 e. The van der Waals surface area contributed by atoms with Gasteiger partial charge in [0.2, 0.25) is 5.91 Å². The number of hydrogen-bond acceptors (Lipinski definition) is 4. The first-order chi connectivity index (χ1) is 23.0. The minimum absolute atomic E-state index is 0.0887. The highest BCUT2D eigenvalue weighted by Crippen LogP contribution is 2.38. The third kappa shape index (κ3) is 13.6. The van der Waals surface area contributed by atoms with E-state index in [1.165, 1.54) is 55.2 Å². The predicted octanol–water partition coefficient (Wildman–Crippen LogP) is 11.8. The fraction of sp³-hybridized carbons (Fsp3) is 0.452. The third-order valence-electron chi connectivity index (χ3n) is 8.17. The summed E-state index contributed by atoms with van der Waals surface area (Å²) in [5.74, 6) is 1.72. The lowest BCUT2D eigenvalue weighted by Crippen LogP contribution is -2.18. The van der Waals surface area contributed by atoms with Gasteiger partial charge >= 0.3 is 0 Å². The molecular weight excluding hydrogens is 616 g/mol. The molecule has 1 aliphatic carbocycles. The van der Waals surface area contributed by atoms with Gasteiger partial charge in [0, 0.05) is 22.9 Å². The normalized spacial score (nSPS) is 13.3. The number of halogens is 1. The van der Waals surface area contributed by atoms with Crippen LogP contribution in [0.15, 0.2) is 66.8 Å². The van der Waals surface area contributed by atoms with Crippen molar-refractivity contribution in [2.24, 2.45) is 11.7 Å². The van der Waals surface area contributed by atoms with Gasteiger partial charge in [0.15, 0.2) is 0 Å². The number of rotatable bonds is 7. The summed E-state index contributed by atoms with van der Waals surface area (Å²) in [6.45, 7) is 22.2. The van der Waals surface area contributed by atoms with E-state index in [9.17, 15) is 9.18 Å². The number of nitrogens with two attached hydrogens (primary N) is 1. The molecule has 0 atom stereocenters. The number of likely N-dealkylation sites (N-methyl/N-ethyl adjacent to an activating group) is 1. The summed E-state index contributed by atoms with van der Waals surface area (Å²) < 4.78 is 19.9. The summed E-state index contributed by atoms with van der Waals surface area (Å²) in [6.07, 6.45) is 15.9. The van der Waals surface area contributed by atoms with Crippen molar-refractivity contribution in [2.75, 3.05) is 21.2 Å². The van der Waals surface area contributed by atoms with Crippen LogP contribution in [0.25, 0.3) is 21.2 Å². The Balaban J connectivity index is 0.000000716. The summed E-state index contributed by atoms with van der Waals surface area (Å²) in [7, 11) is 4.80. The molecule has 4 nitrogen and oxygen atoms in total. The first-order valence-electron chi connectivity index (χ1n) is 17.3. The average molecular weight is 679 g/mol. The van der Waals surface area contributed by atoms with Gasteiger partial charge in [0.25, 0.3) is 0 Å². The summed E-state index contributed by atoms with van der Waals surface area (Å²) in [6, 6.07) is 9.44. The highest BCUT2D eigenvalue weighted by atomic mass is 32.1. The first kappa shape index (κ1) is 44.5. The van der Waals surface area contributed by atoms with Crippen molar-refractivity contribution in [1.29, 1.82) is 0 Å². The van der Waals surface area contributed by atoms with Gasteiger partial charge < -0.3 is 15.8 Å². The van der Waals surface area contributed by atoms with E-state index >= 15 is 0 Å². The van der Waals surface area contributed by atoms with Crippen LogP contribution in [0.4, 0.5) is 4.39 Å². The molecule has 1 aromatic heterocycles. The zero-order chi connectivity index (χ0) is 36.8. The SMILES string of the molecule is C/C=C(/C)c1sc2c(F)ccc(C)c2c1C.C=C/C=C(\C=C(/C)C(=O)NC)c1ccc(OC)c(CC)c1.CC.CC1CCCCC1.CN. The van der Waals surface area contributed by atoms with Crippen LogP contribution in [0.2, 0.25) is 0 Å². The molecule has 0 saturated heterocycles. The Hall–Kier alpha value is -3.48. The van der Waals surface area contributed by atoms with Crippen molar-refractivity contribution in [1.82, 2.24) is 5.32 Å². The summed E-state index contributed by atoms with van der Waals surface area (Å²) >= 11 is 1.55. The number of nitrogens with one attached hydrogen (secondary N) is 1. The number of thiophene rings is 1. The fourth-order valence-corrected chi connectivity index (χ4v) is 6.73. The summed E-state index contributed by atoms with van der Waals surface area (Å²) in [5, 5.41) is 3.71. The molecule has 3 aromatic rings. The first-order valence-corrected chi connectivity index (χ1v) is 18.1. The fourth-order valence-electron chi connectivity index (χ4n) is 5.41. The van der Waals surface area contributed by atoms with Gasteiger partial charge in [-0.05, 0) is 112 Å². The molecule has 1 aliphatic rings. The molecule has 3 N–H and O–H groups in total. The second-order valence-corrected chi connectivity index (χ2v) is 12.5. The molecule has 2 aromatic carbocycles. The number of carbonyl (C=O) groups is 1. The number of amides is 1. The second kappa shape index (κ2) is 24.6. The van der Waals surface area contributed by atoms with Crippen LogP contribution >= 0.6 is 11.3 Å². The van der Waals surface area contributed by atoms with Crippen molar-refractivity contribution in [3.05, 3.63) is 99.7 Å². The maximum absolute atomic E-state index is 13.7. The second-order valence-electron chi connectivity index (χ2n) is 11.5. The Morgan fingerprint density at radius 2 is 1.73 bits per heavy atom. The smallest absolute Gasteiger partial charge is 0.246 e. The van der Waals surface area contributed by atoms with Gasteiger partial charge in [-0.3, -0.25) is 4.79 Å². The van der Waals surface area contributed by atoms with E-state index < -0.39 is 0 Å². The van der Waals surface area contributed by atoms with E-state index in [1.807, 2.05) is 58.0 Å². The molecule has 6 heteroatoms. The summed E-state index contributed by atoms with van der Waals surface area (Å²) in [5.41, 5.74) is 11.8. The van der Waals surface area contributed by atoms with Gasteiger partial charge in [-0.2, -0.15) is 0 Å². The van der Waals surface area contributed by atoms with Crippen LogP contribution in [0.5, 0.6) is 5.75 Å². The zero-order valence-electron chi connectivity index (χ0n) is 31.9. The molecule has 0 bridgehead atoms. The molecule has 0 aliphatic heterocycles. The topological polar surface area (TPSA) is 64.3 Å². The summed E-state index contributed by atoms with van der Waals surface area (Å²) in [4.78, 5) is 12.9. The molecule has 48 heavy (non-hydrogen) atoms. The molecule has 0 spiro atoms. The third-order valence-corrected chi connectivity index (χ3v) is 9.61. The number of benzene rings is 2. The Morgan fingerprint density at radius 3 is 2.19 bits per heavy atom. The predicted molar refractivity (Wildman–Crippen MR) is 213 cm³/mol. The minimum atomic E-state index is -0.108. The van der Waals surface area contributed by atoms with Crippen molar-refractivity contribution in [3.63, 3.8) is 0 Å². The van der Waals surface area contributed by atoms with Crippen LogP contribution in [0, 0.1) is 25.6 Å². The molecule has 0 unspecified atom stereocenters. The van der Waals surface area contributed by atoms with E-state index in [1.54, 1.807) is 44.6 Å². The number of allylic oxidation sites excluding steroid dienone is 6.